The standard InChI is InChI=1S/C25H34N2O6/c1-2-31-12-10-26-23(29)32-18-6-5-16-13-19-25(30)8-7-17(28)22-24(25,20(16)21(18)33-22)9-11-27(19)14-15-3-4-15/h5-6,15-16,19-20,22,30H,2-4,7-14H2,1H3,(H,26,29)/t16?,19?,20?,22?,24?,25-/m1/s1. The largest absolute Gasteiger partial charge is 0.482 e. The van der Waals surface area contributed by atoms with Gasteiger partial charge in [0.15, 0.2) is 17.6 Å². The lowest BCUT2D eigenvalue weighted by Gasteiger charge is -2.65. The van der Waals surface area contributed by atoms with E-state index in [9.17, 15) is 14.7 Å². The Bertz CT molecular complexity index is 913. The van der Waals surface area contributed by atoms with Crippen molar-refractivity contribution in [3.05, 3.63) is 23.7 Å². The summed E-state index contributed by atoms with van der Waals surface area (Å²) in [5.41, 5.74) is -1.60. The maximum absolute atomic E-state index is 13.1. The van der Waals surface area contributed by atoms with Crippen LogP contribution in [0.1, 0.15) is 45.4 Å². The van der Waals surface area contributed by atoms with Crippen LogP contribution in [0.15, 0.2) is 23.7 Å². The minimum absolute atomic E-state index is 0.0423. The molecule has 2 N–H and O–H groups in total. The number of piperidine rings is 1. The van der Waals surface area contributed by atoms with E-state index >= 15 is 0 Å². The van der Waals surface area contributed by atoms with Gasteiger partial charge in [0.25, 0.3) is 0 Å². The van der Waals surface area contributed by atoms with Gasteiger partial charge in [-0.05, 0) is 63.5 Å². The molecular formula is C25H34N2O6. The van der Waals surface area contributed by atoms with Crippen LogP contribution in [0.4, 0.5) is 4.79 Å². The van der Waals surface area contributed by atoms with Crippen LogP contribution in [0, 0.1) is 23.2 Å². The molecule has 6 aliphatic rings. The molecule has 6 atom stereocenters. The first-order valence-electron chi connectivity index (χ1n) is 12.6. The van der Waals surface area contributed by atoms with Crippen LogP contribution in [0.25, 0.3) is 0 Å². The van der Waals surface area contributed by atoms with Gasteiger partial charge in [0.05, 0.1) is 17.6 Å². The van der Waals surface area contributed by atoms with Gasteiger partial charge in [0, 0.05) is 38.1 Å². The second-order valence-electron chi connectivity index (χ2n) is 10.6. The van der Waals surface area contributed by atoms with Gasteiger partial charge in [0.1, 0.15) is 5.76 Å². The molecule has 180 valence electrons. The number of nitrogens with zero attached hydrogens (tertiary/aromatic N) is 1. The van der Waals surface area contributed by atoms with Crippen molar-refractivity contribution >= 4 is 11.9 Å². The van der Waals surface area contributed by atoms with Crippen LogP contribution >= 0.6 is 0 Å². The number of Topliss-reactive ketones (excluding diaryl/α,β-unsaturated/α-hetero) is 1. The molecule has 2 aliphatic heterocycles. The summed E-state index contributed by atoms with van der Waals surface area (Å²) in [4.78, 5) is 28.0. The van der Waals surface area contributed by atoms with Crippen molar-refractivity contribution in [1.29, 1.82) is 0 Å². The highest BCUT2D eigenvalue weighted by molar-refractivity contribution is 5.87. The minimum Gasteiger partial charge on any atom is -0.482 e. The number of aliphatic hydroxyl groups is 1. The number of carbonyl (C=O) groups is 2. The molecule has 33 heavy (non-hydrogen) atoms. The normalized spacial score (nSPS) is 41.0. The molecular weight excluding hydrogens is 424 g/mol. The van der Waals surface area contributed by atoms with E-state index < -0.39 is 23.2 Å². The average Bonchev–Trinajstić information content (AvgIpc) is 3.54. The third-order valence-corrected chi connectivity index (χ3v) is 8.98. The monoisotopic (exact) mass is 458 g/mol. The van der Waals surface area contributed by atoms with Crippen molar-refractivity contribution in [2.24, 2.45) is 23.2 Å². The molecule has 5 unspecified atom stereocenters. The fourth-order valence-electron chi connectivity index (χ4n) is 7.44. The fourth-order valence-corrected chi connectivity index (χ4v) is 7.44. The Balaban J connectivity index is 1.31. The predicted molar refractivity (Wildman–Crippen MR) is 118 cm³/mol. The number of carbonyl (C=O) groups excluding carboxylic acids is 2. The summed E-state index contributed by atoms with van der Waals surface area (Å²) in [6.07, 6.45) is 7.67. The van der Waals surface area contributed by atoms with Crippen LogP contribution in [0.5, 0.6) is 0 Å². The lowest BCUT2D eigenvalue weighted by Crippen LogP contribution is -2.76. The van der Waals surface area contributed by atoms with Crippen molar-refractivity contribution in [2.75, 3.05) is 32.8 Å². The minimum atomic E-state index is -0.961. The van der Waals surface area contributed by atoms with E-state index in [-0.39, 0.29) is 23.7 Å². The predicted octanol–water partition coefficient (Wildman–Crippen LogP) is 2.13. The van der Waals surface area contributed by atoms with E-state index in [2.05, 4.69) is 16.3 Å². The van der Waals surface area contributed by atoms with E-state index in [1.165, 1.54) is 12.8 Å². The molecule has 1 spiro atoms. The number of ether oxygens (including phenoxy) is 3. The summed E-state index contributed by atoms with van der Waals surface area (Å²) in [6.45, 7) is 5.19. The number of nitrogens with one attached hydrogen (secondary N) is 1. The zero-order chi connectivity index (χ0) is 22.8. The van der Waals surface area contributed by atoms with E-state index in [0.29, 0.717) is 44.1 Å². The smallest absolute Gasteiger partial charge is 0.412 e. The van der Waals surface area contributed by atoms with E-state index in [1.807, 2.05) is 13.0 Å². The van der Waals surface area contributed by atoms with Gasteiger partial charge in [-0.1, -0.05) is 6.08 Å². The Morgan fingerprint density at radius 2 is 2.21 bits per heavy atom. The molecule has 2 bridgehead atoms. The third-order valence-electron chi connectivity index (χ3n) is 8.98. The van der Waals surface area contributed by atoms with Crippen LogP contribution in [-0.2, 0) is 19.0 Å². The molecule has 0 aromatic rings. The average molecular weight is 459 g/mol. The second-order valence-corrected chi connectivity index (χ2v) is 10.6. The van der Waals surface area contributed by atoms with Gasteiger partial charge in [0.2, 0.25) is 0 Å². The Morgan fingerprint density at radius 3 is 3.00 bits per heavy atom. The van der Waals surface area contributed by atoms with Gasteiger partial charge in [-0.2, -0.15) is 0 Å². The summed E-state index contributed by atoms with van der Waals surface area (Å²) in [6, 6.07) is 0.0423. The molecule has 6 rings (SSSR count). The number of allylic oxidation sites excluding steroid dienone is 3. The third kappa shape index (κ3) is 3.13. The Kier molecular flexibility index (Phi) is 5.12. The van der Waals surface area contributed by atoms with Crippen LogP contribution < -0.4 is 5.32 Å². The second kappa shape index (κ2) is 7.82. The maximum Gasteiger partial charge on any atom is 0.412 e. The Labute approximate surface area is 194 Å². The number of ketones is 1. The topological polar surface area (TPSA) is 97.3 Å². The summed E-state index contributed by atoms with van der Waals surface area (Å²) in [5.74, 6) is 1.79. The summed E-state index contributed by atoms with van der Waals surface area (Å²) in [7, 11) is 0. The number of likely N-dealkylation sites (tertiary alicyclic amines) is 1. The summed E-state index contributed by atoms with van der Waals surface area (Å²) >= 11 is 0. The molecule has 1 amide bonds. The van der Waals surface area contributed by atoms with Crippen LogP contribution in [-0.4, -0.2) is 72.5 Å². The molecule has 2 saturated heterocycles. The molecule has 4 aliphatic carbocycles. The Morgan fingerprint density at radius 1 is 1.36 bits per heavy atom. The quantitative estimate of drug-likeness (QED) is 0.564. The van der Waals surface area contributed by atoms with Gasteiger partial charge in [-0.25, -0.2) is 4.79 Å². The highest BCUT2D eigenvalue weighted by Gasteiger charge is 2.77. The highest BCUT2D eigenvalue weighted by atomic mass is 16.6. The molecule has 3 saturated carbocycles. The number of amides is 1. The number of alkyl carbamates (subject to hydrolysis) is 1. The number of hydrogen-bond acceptors (Lipinski definition) is 7. The SMILES string of the molecule is CCOCCNC(=O)OC1=C2OC3C(=O)CC[C@@]4(O)C5CC(C=C1)C2C34CCN5CC1CC1. The first-order valence-corrected chi connectivity index (χ1v) is 12.6. The first kappa shape index (κ1) is 21.6. The van der Waals surface area contributed by atoms with Crippen LogP contribution in [0.2, 0.25) is 0 Å². The van der Waals surface area contributed by atoms with Crippen molar-refractivity contribution in [2.45, 2.75) is 63.2 Å². The number of hydrogen-bond donors (Lipinski definition) is 2. The lowest BCUT2D eigenvalue weighted by molar-refractivity contribution is -0.244. The molecule has 8 nitrogen and oxygen atoms in total. The molecule has 0 radical (unpaired) electrons. The van der Waals surface area contributed by atoms with Gasteiger partial charge in [-0.15, -0.1) is 0 Å². The zero-order valence-electron chi connectivity index (χ0n) is 19.3. The highest BCUT2D eigenvalue weighted by Crippen LogP contribution is 2.69. The summed E-state index contributed by atoms with van der Waals surface area (Å²) in [5, 5.41) is 15.0. The molecule has 0 aromatic heterocycles. The Hall–Kier alpha value is -1.90. The number of rotatable bonds is 7. The van der Waals surface area contributed by atoms with Gasteiger partial charge < -0.3 is 24.6 Å². The molecule has 5 fully saturated rings. The zero-order valence-corrected chi connectivity index (χ0v) is 19.3. The van der Waals surface area contributed by atoms with Crippen molar-refractivity contribution in [3.8, 4) is 0 Å². The lowest BCUT2D eigenvalue weighted by atomic mass is 9.44. The maximum atomic E-state index is 13.1. The van der Waals surface area contributed by atoms with E-state index in [4.69, 9.17) is 14.2 Å². The van der Waals surface area contributed by atoms with Crippen molar-refractivity contribution in [3.63, 3.8) is 0 Å². The van der Waals surface area contributed by atoms with Gasteiger partial charge in [-0.3, -0.25) is 9.69 Å². The molecule has 2 heterocycles. The van der Waals surface area contributed by atoms with Crippen LogP contribution in [0.3, 0.4) is 0 Å². The van der Waals surface area contributed by atoms with Crippen molar-refractivity contribution in [1.82, 2.24) is 10.2 Å². The summed E-state index contributed by atoms with van der Waals surface area (Å²) < 4.78 is 17.3. The molecule has 0 aromatic carbocycles. The molecule has 8 heteroatoms. The first-order chi connectivity index (χ1) is 16.0. The van der Waals surface area contributed by atoms with Crippen molar-refractivity contribution < 1.29 is 28.9 Å². The van der Waals surface area contributed by atoms with E-state index in [0.717, 1.165) is 31.8 Å². The van der Waals surface area contributed by atoms with E-state index in [1.54, 1.807) is 0 Å². The fraction of sp³-hybridized carbons (Fsp3) is 0.760. The van der Waals surface area contributed by atoms with Gasteiger partial charge >= 0.3 is 6.09 Å².